The molecule has 1 amide bonds. The molecule has 1 aromatic carbocycles. The Morgan fingerprint density at radius 2 is 2.29 bits per heavy atom. The molecule has 2 aromatic rings. The molecule has 1 aliphatic heterocycles. The molecule has 108 valence electrons. The summed E-state index contributed by atoms with van der Waals surface area (Å²) in [6.07, 6.45) is 6.38. The molecule has 0 spiro atoms. The van der Waals surface area contributed by atoms with E-state index in [0.717, 1.165) is 34.7 Å². The number of methoxy groups -OCH3 is 1. The first-order valence-electron chi connectivity index (χ1n) is 6.85. The Labute approximate surface area is 123 Å². The molecule has 21 heavy (non-hydrogen) atoms. The topological polar surface area (TPSA) is 56.1 Å². The van der Waals surface area contributed by atoms with Crippen molar-refractivity contribution in [2.75, 3.05) is 13.7 Å². The van der Waals surface area contributed by atoms with Crippen molar-refractivity contribution in [2.24, 2.45) is 0 Å². The molecule has 0 atom stereocenters. The molecule has 1 aromatic heterocycles. The number of imidazole rings is 1. The first-order valence-corrected chi connectivity index (χ1v) is 6.85. The van der Waals surface area contributed by atoms with Crippen molar-refractivity contribution in [3.8, 4) is 11.4 Å². The Morgan fingerprint density at radius 3 is 2.90 bits per heavy atom. The number of hydrogen-bond donors (Lipinski definition) is 1. The number of aryl methyl sites for hydroxylation is 1. The predicted octanol–water partition coefficient (Wildman–Crippen LogP) is 2.09. The van der Waals surface area contributed by atoms with E-state index in [9.17, 15) is 4.79 Å². The van der Waals surface area contributed by atoms with E-state index in [1.807, 2.05) is 42.0 Å². The quantitative estimate of drug-likeness (QED) is 0.878. The van der Waals surface area contributed by atoms with Crippen LogP contribution in [-0.2, 0) is 4.79 Å². The Morgan fingerprint density at radius 1 is 1.43 bits per heavy atom. The molecular weight excluding hydrogens is 266 g/mol. The van der Waals surface area contributed by atoms with Gasteiger partial charge in [-0.3, -0.25) is 4.79 Å². The third-order valence-electron chi connectivity index (χ3n) is 3.51. The number of amides is 1. The van der Waals surface area contributed by atoms with Gasteiger partial charge in [0.15, 0.2) is 0 Å². The maximum atomic E-state index is 11.6. The molecule has 0 radical (unpaired) electrons. The molecule has 5 nitrogen and oxygen atoms in total. The van der Waals surface area contributed by atoms with Gasteiger partial charge in [0, 0.05) is 18.3 Å². The number of ether oxygens (including phenoxy) is 1. The first kappa shape index (κ1) is 13.4. The van der Waals surface area contributed by atoms with Gasteiger partial charge in [0.2, 0.25) is 5.91 Å². The van der Waals surface area contributed by atoms with Gasteiger partial charge in [-0.1, -0.05) is 6.07 Å². The minimum absolute atomic E-state index is 0.0169. The molecule has 2 heterocycles. The lowest BCUT2D eigenvalue weighted by Gasteiger charge is -2.10. The summed E-state index contributed by atoms with van der Waals surface area (Å²) in [6, 6.07) is 5.88. The summed E-state index contributed by atoms with van der Waals surface area (Å²) < 4.78 is 7.39. The summed E-state index contributed by atoms with van der Waals surface area (Å²) >= 11 is 0. The Hall–Kier alpha value is -2.56. The number of hydrogen-bond acceptors (Lipinski definition) is 3. The molecule has 0 saturated carbocycles. The molecular formula is C16H17N3O2. The fraction of sp³-hybridized carbons (Fsp3) is 0.250. The predicted molar refractivity (Wildman–Crippen MR) is 80.5 cm³/mol. The van der Waals surface area contributed by atoms with Crippen LogP contribution in [0.4, 0.5) is 0 Å². The second-order valence-electron chi connectivity index (χ2n) is 5.03. The second-order valence-corrected chi connectivity index (χ2v) is 5.03. The standard InChI is InChI=1S/C16H17N3O2/c1-11-9-19(10-18-11)14-4-3-12(8-15(14)21-2)7-13-5-6-17-16(13)20/h3-4,7-10H,5-6H2,1-2H3,(H,17,20). The number of benzene rings is 1. The number of aromatic nitrogens is 2. The molecule has 5 heteroatoms. The van der Waals surface area contributed by atoms with Crippen molar-refractivity contribution in [1.29, 1.82) is 0 Å². The zero-order chi connectivity index (χ0) is 14.8. The average molecular weight is 283 g/mol. The molecule has 1 N–H and O–H groups in total. The summed E-state index contributed by atoms with van der Waals surface area (Å²) in [5, 5.41) is 2.81. The van der Waals surface area contributed by atoms with E-state index >= 15 is 0 Å². The zero-order valence-electron chi connectivity index (χ0n) is 12.1. The van der Waals surface area contributed by atoms with Gasteiger partial charge in [-0.15, -0.1) is 0 Å². The first-order chi connectivity index (χ1) is 10.2. The van der Waals surface area contributed by atoms with Crippen molar-refractivity contribution in [3.05, 3.63) is 47.6 Å². The van der Waals surface area contributed by atoms with Crippen molar-refractivity contribution in [3.63, 3.8) is 0 Å². The molecule has 0 aliphatic carbocycles. The van der Waals surface area contributed by atoms with Crippen molar-refractivity contribution < 1.29 is 9.53 Å². The van der Waals surface area contributed by atoms with Crippen LogP contribution >= 0.6 is 0 Å². The smallest absolute Gasteiger partial charge is 0.247 e. The molecule has 1 saturated heterocycles. The fourth-order valence-corrected chi connectivity index (χ4v) is 2.43. The lowest BCUT2D eigenvalue weighted by Crippen LogP contribution is -2.13. The van der Waals surface area contributed by atoms with E-state index in [4.69, 9.17) is 4.74 Å². The van der Waals surface area contributed by atoms with Crippen LogP contribution in [0.2, 0.25) is 0 Å². The van der Waals surface area contributed by atoms with E-state index in [1.54, 1.807) is 13.4 Å². The molecule has 3 rings (SSSR count). The summed E-state index contributed by atoms with van der Waals surface area (Å²) in [5.41, 5.74) is 3.64. The van der Waals surface area contributed by atoms with Gasteiger partial charge in [-0.25, -0.2) is 4.98 Å². The monoisotopic (exact) mass is 283 g/mol. The lowest BCUT2D eigenvalue weighted by molar-refractivity contribution is -0.116. The highest BCUT2D eigenvalue weighted by Crippen LogP contribution is 2.26. The van der Waals surface area contributed by atoms with Crippen LogP contribution in [0, 0.1) is 6.92 Å². The number of carbonyl (C=O) groups excluding carboxylic acids is 1. The molecule has 0 unspecified atom stereocenters. The largest absolute Gasteiger partial charge is 0.495 e. The fourth-order valence-electron chi connectivity index (χ4n) is 2.43. The normalized spacial score (nSPS) is 16.3. The third kappa shape index (κ3) is 2.67. The average Bonchev–Trinajstić information content (AvgIpc) is 3.08. The number of nitrogens with zero attached hydrogens (tertiary/aromatic N) is 2. The summed E-state index contributed by atoms with van der Waals surface area (Å²) in [4.78, 5) is 15.8. The van der Waals surface area contributed by atoms with Gasteiger partial charge in [0.25, 0.3) is 0 Å². The number of rotatable bonds is 3. The van der Waals surface area contributed by atoms with Crippen LogP contribution in [0.15, 0.2) is 36.3 Å². The van der Waals surface area contributed by atoms with Crippen molar-refractivity contribution in [2.45, 2.75) is 13.3 Å². The van der Waals surface area contributed by atoms with Crippen LogP contribution in [0.3, 0.4) is 0 Å². The third-order valence-corrected chi connectivity index (χ3v) is 3.51. The van der Waals surface area contributed by atoms with E-state index in [2.05, 4.69) is 10.3 Å². The summed E-state index contributed by atoms with van der Waals surface area (Å²) in [5.74, 6) is 0.767. The van der Waals surface area contributed by atoms with Gasteiger partial charge in [0.1, 0.15) is 5.75 Å². The molecule has 1 aliphatic rings. The Kier molecular flexibility index (Phi) is 3.48. The van der Waals surface area contributed by atoms with Gasteiger partial charge < -0.3 is 14.6 Å². The van der Waals surface area contributed by atoms with E-state index in [0.29, 0.717) is 6.54 Å². The molecule has 1 fully saturated rings. The molecule has 0 bridgehead atoms. The van der Waals surface area contributed by atoms with Crippen LogP contribution in [0.1, 0.15) is 17.7 Å². The SMILES string of the molecule is COc1cc(C=C2CCNC2=O)ccc1-n1cnc(C)c1. The lowest BCUT2D eigenvalue weighted by atomic mass is 10.1. The minimum Gasteiger partial charge on any atom is -0.495 e. The van der Waals surface area contributed by atoms with Crippen LogP contribution in [0.25, 0.3) is 11.8 Å². The minimum atomic E-state index is 0.0169. The van der Waals surface area contributed by atoms with Gasteiger partial charge in [-0.05, 0) is 37.1 Å². The Balaban J connectivity index is 1.97. The van der Waals surface area contributed by atoms with Gasteiger partial charge in [-0.2, -0.15) is 0 Å². The highest BCUT2D eigenvalue weighted by atomic mass is 16.5. The van der Waals surface area contributed by atoms with E-state index in [-0.39, 0.29) is 5.91 Å². The second kappa shape index (κ2) is 5.44. The maximum absolute atomic E-state index is 11.6. The van der Waals surface area contributed by atoms with Crippen LogP contribution < -0.4 is 10.1 Å². The summed E-state index contributed by atoms with van der Waals surface area (Å²) in [7, 11) is 1.64. The van der Waals surface area contributed by atoms with Gasteiger partial charge in [0.05, 0.1) is 24.8 Å². The van der Waals surface area contributed by atoms with E-state index < -0.39 is 0 Å². The highest BCUT2D eigenvalue weighted by Gasteiger charge is 2.16. The van der Waals surface area contributed by atoms with E-state index in [1.165, 1.54) is 0 Å². The van der Waals surface area contributed by atoms with Crippen molar-refractivity contribution >= 4 is 12.0 Å². The van der Waals surface area contributed by atoms with Gasteiger partial charge >= 0.3 is 0 Å². The highest BCUT2D eigenvalue weighted by molar-refractivity contribution is 5.99. The van der Waals surface area contributed by atoms with Crippen LogP contribution in [-0.4, -0.2) is 29.1 Å². The number of carbonyl (C=O) groups is 1. The summed E-state index contributed by atoms with van der Waals surface area (Å²) in [6.45, 7) is 2.66. The maximum Gasteiger partial charge on any atom is 0.247 e. The van der Waals surface area contributed by atoms with Crippen LogP contribution in [0.5, 0.6) is 5.75 Å². The number of nitrogens with one attached hydrogen (secondary N) is 1. The zero-order valence-corrected chi connectivity index (χ0v) is 12.1. The van der Waals surface area contributed by atoms with Crippen molar-refractivity contribution in [1.82, 2.24) is 14.9 Å². The Bertz CT molecular complexity index is 716.